The van der Waals surface area contributed by atoms with Crippen molar-refractivity contribution in [2.24, 2.45) is 0 Å². The maximum Gasteiger partial charge on any atom is 0.220 e. The molecule has 3 nitrogen and oxygen atoms in total. The van der Waals surface area contributed by atoms with Crippen molar-refractivity contribution in [2.75, 3.05) is 13.6 Å². The molecular formula is C20H24N2O. The molecule has 1 heterocycles. The first-order chi connectivity index (χ1) is 11.2. The number of amides is 1. The van der Waals surface area contributed by atoms with Gasteiger partial charge in [0.15, 0.2) is 0 Å². The number of benzene rings is 2. The van der Waals surface area contributed by atoms with Gasteiger partial charge in [0.2, 0.25) is 5.91 Å². The zero-order valence-corrected chi connectivity index (χ0v) is 13.7. The van der Waals surface area contributed by atoms with Crippen molar-refractivity contribution in [2.45, 2.75) is 31.8 Å². The van der Waals surface area contributed by atoms with Crippen molar-refractivity contribution < 1.29 is 4.79 Å². The molecule has 0 fully saturated rings. The molecule has 0 aliphatic carbocycles. The van der Waals surface area contributed by atoms with Gasteiger partial charge in [-0.05, 0) is 36.6 Å². The number of carbonyl (C=O) groups excluding carboxylic acids is 1. The summed E-state index contributed by atoms with van der Waals surface area (Å²) < 4.78 is 0. The predicted molar refractivity (Wildman–Crippen MR) is 93.2 cm³/mol. The van der Waals surface area contributed by atoms with Crippen molar-refractivity contribution >= 4 is 5.91 Å². The van der Waals surface area contributed by atoms with Crippen LogP contribution in [0.3, 0.4) is 0 Å². The number of nitrogens with zero attached hydrogens (tertiary/aromatic N) is 1. The quantitative estimate of drug-likeness (QED) is 0.921. The molecule has 0 unspecified atom stereocenters. The number of hydrogen-bond acceptors (Lipinski definition) is 2. The molecule has 0 spiro atoms. The van der Waals surface area contributed by atoms with Gasteiger partial charge in [0, 0.05) is 25.6 Å². The lowest BCUT2D eigenvalue weighted by molar-refractivity contribution is -0.121. The van der Waals surface area contributed by atoms with E-state index in [1.807, 2.05) is 18.2 Å². The van der Waals surface area contributed by atoms with Crippen LogP contribution in [0.2, 0.25) is 0 Å². The van der Waals surface area contributed by atoms with Crippen LogP contribution >= 0.6 is 0 Å². The first-order valence-corrected chi connectivity index (χ1v) is 8.30. The zero-order valence-electron chi connectivity index (χ0n) is 13.7. The number of rotatable bonds is 5. The van der Waals surface area contributed by atoms with Crippen LogP contribution in [0.4, 0.5) is 0 Å². The van der Waals surface area contributed by atoms with E-state index in [-0.39, 0.29) is 5.91 Å². The van der Waals surface area contributed by atoms with Gasteiger partial charge in [-0.15, -0.1) is 0 Å². The molecule has 1 aliphatic rings. The number of likely N-dealkylation sites (N-methyl/N-ethyl adjacent to an activating group) is 1. The summed E-state index contributed by atoms with van der Waals surface area (Å²) >= 11 is 0. The molecule has 2 aromatic rings. The van der Waals surface area contributed by atoms with E-state index in [4.69, 9.17) is 0 Å². The maximum atomic E-state index is 12.1. The summed E-state index contributed by atoms with van der Waals surface area (Å²) in [5, 5.41) is 3.10. The van der Waals surface area contributed by atoms with Crippen molar-refractivity contribution in [3.63, 3.8) is 0 Å². The standard InChI is InChI=1S/C20H24N2O/c1-22-15-18-10-6-5-9-17(18)13-19(22)14-21-20(23)12-11-16-7-3-2-4-8-16/h2-10,19H,11-15H2,1H3,(H,21,23)/t19-/m1/s1. The van der Waals surface area contributed by atoms with Crippen LogP contribution in [0, 0.1) is 0 Å². The summed E-state index contributed by atoms with van der Waals surface area (Å²) in [5.41, 5.74) is 4.03. The van der Waals surface area contributed by atoms with Gasteiger partial charge in [-0.1, -0.05) is 54.6 Å². The van der Waals surface area contributed by atoms with E-state index in [1.54, 1.807) is 0 Å². The minimum absolute atomic E-state index is 0.140. The van der Waals surface area contributed by atoms with E-state index in [1.165, 1.54) is 16.7 Å². The van der Waals surface area contributed by atoms with Gasteiger partial charge < -0.3 is 5.32 Å². The molecule has 2 aromatic carbocycles. The Bertz CT molecular complexity index is 654. The largest absolute Gasteiger partial charge is 0.355 e. The Hall–Kier alpha value is -2.13. The van der Waals surface area contributed by atoms with Gasteiger partial charge in [-0.2, -0.15) is 0 Å². The van der Waals surface area contributed by atoms with Gasteiger partial charge in [-0.25, -0.2) is 0 Å². The van der Waals surface area contributed by atoms with E-state index >= 15 is 0 Å². The number of aryl methyl sites for hydroxylation is 1. The Balaban J connectivity index is 1.47. The van der Waals surface area contributed by atoms with Gasteiger partial charge >= 0.3 is 0 Å². The summed E-state index contributed by atoms with van der Waals surface area (Å²) in [5.74, 6) is 0.140. The summed E-state index contributed by atoms with van der Waals surface area (Å²) in [4.78, 5) is 14.4. The highest BCUT2D eigenvalue weighted by Crippen LogP contribution is 2.21. The van der Waals surface area contributed by atoms with Crippen LogP contribution in [-0.2, 0) is 24.2 Å². The number of carbonyl (C=O) groups is 1. The Morgan fingerprint density at radius 3 is 2.57 bits per heavy atom. The van der Waals surface area contributed by atoms with Crippen LogP contribution in [0.25, 0.3) is 0 Å². The third-order valence-electron chi connectivity index (χ3n) is 4.64. The number of hydrogen-bond donors (Lipinski definition) is 1. The van der Waals surface area contributed by atoms with Crippen molar-refractivity contribution in [3.8, 4) is 0 Å². The smallest absolute Gasteiger partial charge is 0.220 e. The van der Waals surface area contributed by atoms with Crippen LogP contribution in [0.15, 0.2) is 54.6 Å². The average molecular weight is 308 g/mol. The average Bonchev–Trinajstić information content (AvgIpc) is 2.59. The van der Waals surface area contributed by atoms with E-state index in [9.17, 15) is 4.79 Å². The van der Waals surface area contributed by atoms with Crippen molar-refractivity contribution in [3.05, 3.63) is 71.3 Å². The number of fused-ring (bicyclic) bond motifs is 1. The molecule has 1 amide bonds. The monoisotopic (exact) mass is 308 g/mol. The molecule has 1 aliphatic heterocycles. The van der Waals surface area contributed by atoms with Gasteiger partial charge in [-0.3, -0.25) is 9.69 Å². The third kappa shape index (κ3) is 4.20. The van der Waals surface area contributed by atoms with Crippen molar-refractivity contribution in [1.29, 1.82) is 0 Å². The predicted octanol–water partition coefficient (Wildman–Crippen LogP) is 2.79. The molecule has 3 rings (SSSR count). The molecule has 0 saturated heterocycles. The highest BCUT2D eigenvalue weighted by Gasteiger charge is 2.23. The van der Waals surface area contributed by atoms with Crippen LogP contribution in [0.5, 0.6) is 0 Å². The second kappa shape index (κ2) is 7.42. The van der Waals surface area contributed by atoms with Gasteiger partial charge in [0.1, 0.15) is 0 Å². The van der Waals surface area contributed by atoms with Crippen LogP contribution in [0.1, 0.15) is 23.1 Å². The lowest BCUT2D eigenvalue weighted by Crippen LogP contribution is -2.45. The number of nitrogens with one attached hydrogen (secondary N) is 1. The molecule has 0 saturated carbocycles. The Morgan fingerprint density at radius 1 is 1.09 bits per heavy atom. The first-order valence-electron chi connectivity index (χ1n) is 8.30. The molecule has 0 bridgehead atoms. The summed E-state index contributed by atoms with van der Waals surface area (Å²) in [6, 6.07) is 19.1. The van der Waals surface area contributed by atoms with Crippen LogP contribution in [-0.4, -0.2) is 30.4 Å². The minimum Gasteiger partial charge on any atom is -0.355 e. The second-order valence-corrected chi connectivity index (χ2v) is 6.33. The molecule has 1 N–H and O–H groups in total. The molecule has 120 valence electrons. The van der Waals surface area contributed by atoms with Crippen molar-refractivity contribution in [1.82, 2.24) is 10.2 Å². The lowest BCUT2D eigenvalue weighted by atomic mass is 9.94. The van der Waals surface area contributed by atoms with E-state index in [2.05, 4.69) is 53.7 Å². The molecular weight excluding hydrogens is 284 g/mol. The zero-order chi connectivity index (χ0) is 16.1. The summed E-state index contributed by atoms with van der Waals surface area (Å²) in [6.07, 6.45) is 2.36. The molecule has 0 aromatic heterocycles. The SMILES string of the molecule is CN1Cc2ccccc2C[C@@H]1CNC(=O)CCc1ccccc1. The maximum absolute atomic E-state index is 12.1. The Morgan fingerprint density at radius 2 is 1.78 bits per heavy atom. The Kier molecular flexibility index (Phi) is 5.09. The van der Waals surface area contributed by atoms with Crippen LogP contribution < -0.4 is 5.32 Å². The molecule has 23 heavy (non-hydrogen) atoms. The highest BCUT2D eigenvalue weighted by atomic mass is 16.1. The molecule has 1 atom stereocenters. The summed E-state index contributed by atoms with van der Waals surface area (Å²) in [6.45, 7) is 1.68. The van der Waals surface area contributed by atoms with E-state index < -0.39 is 0 Å². The minimum atomic E-state index is 0.140. The highest BCUT2D eigenvalue weighted by molar-refractivity contribution is 5.76. The third-order valence-corrected chi connectivity index (χ3v) is 4.64. The normalized spacial score (nSPS) is 17.5. The molecule has 3 heteroatoms. The fourth-order valence-corrected chi connectivity index (χ4v) is 3.17. The van der Waals surface area contributed by atoms with E-state index in [0.29, 0.717) is 12.5 Å². The lowest BCUT2D eigenvalue weighted by Gasteiger charge is -2.34. The first kappa shape index (κ1) is 15.8. The summed E-state index contributed by atoms with van der Waals surface area (Å²) in [7, 11) is 2.14. The topological polar surface area (TPSA) is 32.3 Å². The second-order valence-electron chi connectivity index (χ2n) is 6.33. The molecule has 0 radical (unpaired) electrons. The fraction of sp³-hybridized carbons (Fsp3) is 0.350. The van der Waals surface area contributed by atoms with E-state index in [0.717, 1.165) is 25.9 Å². The van der Waals surface area contributed by atoms with Gasteiger partial charge in [0.25, 0.3) is 0 Å². The van der Waals surface area contributed by atoms with Gasteiger partial charge in [0.05, 0.1) is 0 Å². The fourth-order valence-electron chi connectivity index (χ4n) is 3.17. The Labute approximate surface area is 138 Å².